The van der Waals surface area contributed by atoms with E-state index in [1.54, 1.807) is 6.92 Å². The van der Waals surface area contributed by atoms with Crippen LogP contribution in [0.5, 0.6) is 0 Å². The van der Waals surface area contributed by atoms with Gasteiger partial charge < -0.3 is 10.1 Å². The van der Waals surface area contributed by atoms with Crippen LogP contribution >= 0.6 is 0 Å². The van der Waals surface area contributed by atoms with E-state index in [9.17, 15) is 4.79 Å². The summed E-state index contributed by atoms with van der Waals surface area (Å²) in [6.07, 6.45) is 7.40. The van der Waals surface area contributed by atoms with Crippen LogP contribution in [0.2, 0.25) is 0 Å². The number of carbonyl (C=O) groups is 1. The maximum Gasteiger partial charge on any atom is 0.341 e. The minimum absolute atomic E-state index is 0.0206. The fourth-order valence-corrected chi connectivity index (χ4v) is 2.89. The van der Waals surface area contributed by atoms with E-state index in [1.165, 1.54) is 24.4 Å². The first-order valence-corrected chi connectivity index (χ1v) is 8.02. The summed E-state index contributed by atoms with van der Waals surface area (Å²) < 4.78 is 4.94. The van der Waals surface area contributed by atoms with Crippen molar-refractivity contribution in [2.24, 2.45) is 0 Å². The zero-order chi connectivity index (χ0) is 16.1. The number of nitrogens with zero attached hydrogens (tertiary/aromatic N) is 2. The summed E-state index contributed by atoms with van der Waals surface area (Å²) in [4.78, 5) is 20.2. The second-order valence-electron chi connectivity index (χ2n) is 5.94. The Morgan fingerprint density at radius 2 is 1.91 bits per heavy atom. The lowest BCUT2D eigenvalue weighted by Crippen LogP contribution is -2.47. The molecule has 1 aromatic heterocycles. The van der Waals surface area contributed by atoms with Crippen molar-refractivity contribution < 1.29 is 9.53 Å². The van der Waals surface area contributed by atoms with Gasteiger partial charge in [0.2, 0.25) is 5.95 Å². The number of carbonyl (C=O) groups excluding carboxylic acids is 1. The third-order valence-corrected chi connectivity index (χ3v) is 4.24. The summed E-state index contributed by atoms with van der Waals surface area (Å²) in [5, 5.41) is 3.46. The molecule has 1 heterocycles. The fourth-order valence-electron chi connectivity index (χ4n) is 2.89. The van der Waals surface area contributed by atoms with E-state index in [2.05, 4.69) is 39.6 Å². The second-order valence-corrected chi connectivity index (χ2v) is 5.94. The van der Waals surface area contributed by atoms with Crippen LogP contribution in [-0.2, 0) is 11.2 Å². The van der Waals surface area contributed by atoms with Crippen molar-refractivity contribution in [3.05, 3.63) is 53.9 Å². The Bertz CT molecular complexity index is 652. The molecule has 0 atom stereocenters. The highest BCUT2D eigenvalue weighted by Crippen LogP contribution is 2.37. The lowest BCUT2D eigenvalue weighted by atomic mass is 9.73. The molecule has 5 nitrogen and oxygen atoms in total. The van der Waals surface area contributed by atoms with E-state index in [0.717, 1.165) is 19.3 Å². The van der Waals surface area contributed by atoms with Crippen LogP contribution in [0.4, 0.5) is 5.95 Å². The summed E-state index contributed by atoms with van der Waals surface area (Å²) in [6, 6.07) is 10.4. The van der Waals surface area contributed by atoms with E-state index in [4.69, 9.17) is 4.74 Å². The zero-order valence-electron chi connectivity index (χ0n) is 13.3. The molecule has 1 aliphatic rings. The number of hydrogen-bond donors (Lipinski definition) is 1. The highest BCUT2D eigenvalue weighted by Gasteiger charge is 2.37. The van der Waals surface area contributed by atoms with Gasteiger partial charge in [0.05, 0.1) is 12.2 Å². The quantitative estimate of drug-likeness (QED) is 0.830. The second kappa shape index (κ2) is 6.77. The van der Waals surface area contributed by atoms with Gasteiger partial charge in [-0.1, -0.05) is 30.3 Å². The number of esters is 1. The van der Waals surface area contributed by atoms with Crippen molar-refractivity contribution in [1.29, 1.82) is 0 Å². The number of rotatable bonds is 6. The van der Waals surface area contributed by atoms with E-state index in [-0.39, 0.29) is 11.5 Å². The Morgan fingerprint density at radius 1 is 1.22 bits per heavy atom. The summed E-state index contributed by atoms with van der Waals surface area (Å²) in [5.41, 5.74) is 1.71. The van der Waals surface area contributed by atoms with Gasteiger partial charge >= 0.3 is 5.97 Å². The molecule has 120 valence electrons. The van der Waals surface area contributed by atoms with Crippen LogP contribution < -0.4 is 5.32 Å². The third kappa shape index (κ3) is 3.67. The highest BCUT2D eigenvalue weighted by molar-refractivity contribution is 5.88. The van der Waals surface area contributed by atoms with Gasteiger partial charge in [0.1, 0.15) is 0 Å². The van der Waals surface area contributed by atoms with Crippen molar-refractivity contribution in [2.45, 2.75) is 38.1 Å². The minimum Gasteiger partial charge on any atom is -0.462 e. The molecule has 0 bridgehead atoms. The maximum atomic E-state index is 11.6. The molecular weight excluding hydrogens is 290 g/mol. The molecule has 1 saturated carbocycles. The number of nitrogens with one attached hydrogen (secondary N) is 1. The SMILES string of the molecule is CCOC(=O)c1cnc(NC2(Cc3ccccc3)CCC2)nc1. The van der Waals surface area contributed by atoms with Crippen LogP contribution in [-0.4, -0.2) is 28.1 Å². The number of anilines is 1. The maximum absolute atomic E-state index is 11.6. The van der Waals surface area contributed by atoms with Crippen LogP contribution in [0.1, 0.15) is 42.1 Å². The smallest absolute Gasteiger partial charge is 0.341 e. The van der Waals surface area contributed by atoms with E-state index >= 15 is 0 Å². The van der Waals surface area contributed by atoms with E-state index < -0.39 is 0 Å². The van der Waals surface area contributed by atoms with Crippen LogP contribution in [0.15, 0.2) is 42.7 Å². The van der Waals surface area contributed by atoms with E-state index in [0.29, 0.717) is 18.1 Å². The van der Waals surface area contributed by atoms with Crippen LogP contribution in [0.3, 0.4) is 0 Å². The summed E-state index contributed by atoms with van der Waals surface area (Å²) in [5.74, 6) is 0.176. The lowest BCUT2D eigenvalue weighted by molar-refractivity contribution is 0.0525. The molecule has 3 rings (SSSR count). The average Bonchev–Trinajstić information content (AvgIpc) is 2.54. The molecule has 0 saturated heterocycles. The molecule has 0 unspecified atom stereocenters. The normalized spacial score (nSPS) is 15.5. The van der Waals surface area contributed by atoms with Crippen molar-refractivity contribution >= 4 is 11.9 Å². The number of benzene rings is 1. The Labute approximate surface area is 136 Å². The molecule has 23 heavy (non-hydrogen) atoms. The third-order valence-electron chi connectivity index (χ3n) is 4.24. The monoisotopic (exact) mass is 311 g/mol. The molecule has 1 aromatic carbocycles. The number of aromatic nitrogens is 2. The molecular formula is C18H21N3O2. The highest BCUT2D eigenvalue weighted by atomic mass is 16.5. The molecule has 1 fully saturated rings. The van der Waals surface area contributed by atoms with Gasteiger partial charge in [-0.25, -0.2) is 14.8 Å². The molecule has 0 radical (unpaired) electrons. The topological polar surface area (TPSA) is 64.1 Å². The predicted octanol–water partition coefficient (Wildman–Crippen LogP) is 3.23. The summed E-state index contributed by atoms with van der Waals surface area (Å²) in [6.45, 7) is 2.12. The Hall–Kier alpha value is -2.43. The molecule has 2 aromatic rings. The van der Waals surface area contributed by atoms with Crippen molar-refractivity contribution in [1.82, 2.24) is 9.97 Å². The fraction of sp³-hybridized carbons (Fsp3) is 0.389. The standard InChI is InChI=1S/C18H21N3O2/c1-2-23-16(22)15-12-19-17(20-13-15)21-18(9-6-10-18)11-14-7-4-3-5-8-14/h3-5,7-8,12-13H,2,6,9-11H2,1H3,(H,19,20,21). The molecule has 1 N–H and O–H groups in total. The van der Waals surface area contributed by atoms with Crippen molar-refractivity contribution in [3.63, 3.8) is 0 Å². The largest absolute Gasteiger partial charge is 0.462 e. The van der Waals surface area contributed by atoms with Crippen molar-refractivity contribution in [3.8, 4) is 0 Å². The number of hydrogen-bond acceptors (Lipinski definition) is 5. The minimum atomic E-state index is -0.387. The van der Waals surface area contributed by atoms with E-state index in [1.807, 2.05) is 6.07 Å². The first kappa shape index (κ1) is 15.5. The van der Waals surface area contributed by atoms with Gasteiger partial charge in [0.15, 0.2) is 0 Å². The summed E-state index contributed by atoms with van der Waals surface area (Å²) in [7, 11) is 0. The van der Waals surface area contributed by atoms with Gasteiger partial charge in [0, 0.05) is 17.9 Å². The predicted molar refractivity (Wildman–Crippen MR) is 88.3 cm³/mol. The number of ether oxygens (including phenoxy) is 1. The molecule has 1 aliphatic carbocycles. The first-order chi connectivity index (χ1) is 11.2. The Morgan fingerprint density at radius 3 is 2.48 bits per heavy atom. The van der Waals surface area contributed by atoms with Gasteiger partial charge in [-0.05, 0) is 38.2 Å². The zero-order valence-corrected chi connectivity index (χ0v) is 13.3. The Balaban J connectivity index is 1.68. The van der Waals surface area contributed by atoms with Gasteiger partial charge in [-0.2, -0.15) is 0 Å². The molecule has 5 heteroatoms. The van der Waals surface area contributed by atoms with Crippen molar-refractivity contribution in [2.75, 3.05) is 11.9 Å². The molecule has 0 spiro atoms. The Kier molecular flexibility index (Phi) is 4.55. The summed E-state index contributed by atoms with van der Waals surface area (Å²) >= 11 is 0. The average molecular weight is 311 g/mol. The molecule has 0 aliphatic heterocycles. The molecule has 0 amide bonds. The van der Waals surface area contributed by atoms with Crippen LogP contribution in [0, 0.1) is 0 Å². The lowest BCUT2D eigenvalue weighted by Gasteiger charge is -2.43. The van der Waals surface area contributed by atoms with Crippen LogP contribution in [0.25, 0.3) is 0 Å². The van der Waals surface area contributed by atoms with Gasteiger partial charge in [0.25, 0.3) is 0 Å². The van der Waals surface area contributed by atoms with Gasteiger partial charge in [-0.15, -0.1) is 0 Å². The first-order valence-electron chi connectivity index (χ1n) is 8.02. The van der Waals surface area contributed by atoms with Gasteiger partial charge in [-0.3, -0.25) is 0 Å².